The van der Waals surface area contributed by atoms with Crippen LogP contribution in [0.4, 0.5) is 0 Å². The number of rotatable bonds is 7. The monoisotopic (exact) mass is 426 g/mol. The first-order valence-electron chi connectivity index (χ1n) is 9.46. The Morgan fingerprint density at radius 1 is 1.14 bits per heavy atom. The number of sulfonamides is 1. The number of aryl methyl sites for hydroxylation is 3. The molecule has 1 heterocycles. The minimum atomic E-state index is -3.81. The highest BCUT2D eigenvalue weighted by Gasteiger charge is 2.38. The zero-order chi connectivity index (χ0) is 21.8. The molecule has 1 saturated heterocycles. The summed E-state index contributed by atoms with van der Waals surface area (Å²) < 4.78 is 33.2. The van der Waals surface area contributed by atoms with Gasteiger partial charge in [0.1, 0.15) is 6.23 Å². The maximum atomic E-state index is 13.2. The second-order valence-electron chi connectivity index (χ2n) is 7.44. The molecule has 1 aromatic carbocycles. The highest BCUT2D eigenvalue weighted by molar-refractivity contribution is 7.89. The van der Waals surface area contributed by atoms with Crippen LogP contribution in [0.2, 0.25) is 0 Å². The Morgan fingerprint density at radius 3 is 2.31 bits per heavy atom. The lowest BCUT2D eigenvalue weighted by Gasteiger charge is -2.24. The number of amides is 2. The summed E-state index contributed by atoms with van der Waals surface area (Å²) in [5.74, 6) is -1.58. The summed E-state index contributed by atoms with van der Waals surface area (Å²) in [5.41, 5.74) is 2.32. The first-order chi connectivity index (χ1) is 13.5. The molecule has 0 unspecified atom stereocenters. The summed E-state index contributed by atoms with van der Waals surface area (Å²) in [6, 6.07) is 3.65. The van der Waals surface area contributed by atoms with E-state index >= 15 is 0 Å². The van der Waals surface area contributed by atoms with Crippen LogP contribution in [0.15, 0.2) is 17.0 Å². The van der Waals surface area contributed by atoms with E-state index < -0.39 is 28.1 Å². The first-order valence-corrected chi connectivity index (χ1v) is 10.9. The lowest BCUT2D eigenvalue weighted by molar-refractivity contribution is -0.139. The fraction of sp³-hybridized carbons (Fsp3) is 0.579. The molecule has 2 N–H and O–H groups in total. The van der Waals surface area contributed by atoms with Gasteiger partial charge in [0.15, 0.2) is 0 Å². The third kappa shape index (κ3) is 5.75. The number of hydrogen-bond donors (Lipinski definition) is 2. The molecule has 0 bridgehead atoms. The molecule has 0 spiro atoms. The minimum absolute atomic E-state index is 0.108. The fourth-order valence-corrected chi connectivity index (χ4v) is 5.29. The van der Waals surface area contributed by atoms with E-state index in [1.54, 1.807) is 13.8 Å². The summed E-state index contributed by atoms with van der Waals surface area (Å²) >= 11 is 0. The predicted molar refractivity (Wildman–Crippen MR) is 109 cm³/mol. The number of hydrogen-bond acceptors (Lipinski definition) is 6. The Labute approximate surface area is 172 Å². The molecule has 0 radical (unpaired) electrons. The summed E-state index contributed by atoms with van der Waals surface area (Å²) in [5, 5.41) is 4.97. The van der Waals surface area contributed by atoms with E-state index in [-0.39, 0.29) is 24.6 Å². The van der Waals surface area contributed by atoms with Crippen molar-refractivity contribution in [3.8, 4) is 0 Å². The van der Waals surface area contributed by atoms with Gasteiger partial charge in [-0.25, -0.2) is 8.42 Å². The molecule has 2 rings (SSSR count). The molecule has 0 aromatic heterocycles. The van der Waals surface area contributed by atoms with Gasteiger partial charge in [0.2, 0.25) is 10.0 Å². The lowest BCUT2D eigenvalue weighted by Crippen LogP contribution is -2.48. The molecular formula is C19H30N4O5S. The molecule has 1 aliphatic heterocycles. The first kappa shape index (κ1) is 23.3. The van der Waals surface area contributed by atoms with E-state index in [0.29, 0.717) is 24.2 Å². The number of benzene rings is 1. The average Bonchev–Trinajstić information content (AvgIpc) is 3.07. The third-order valence-electron chi connectivity index (χ3n) is 4.60. The van der Waals surface area contributed by atoms with Gasteiger partial charge in [-0.15, -0.1) is 0 Å². The van der Waals surface area contributed by atoms with Gasteiger partial charge < -0.3 is 20.3 Å². The molecule has 0 aliphatic carbocycles. The van der Waals surface area contributed by atoms with Crippen LogP contribution in [0.1, 0.15) is 16.7 Å². The number of nitrogens with zero attached hydrogens (tertiary/aromatic N) is 2. The van der Waals surface area contributed by atoms with Crippen molar-refractivity contribution in [3.63, 3.8) is 0 Å². The Hall–Kier alpha value is -2.01. The van der Waals surface area contributed by atoms with E-state index in [2.05, 4.69) is 10.6 Å². The maximum Gasteiger partial charge on any atom is 0.309 e. The molecule has 1 aromatic rings. The van der Waals surface area contributed by atoms with E-state index in [1.807, 2.05) is 38.1 Å². The molecule has 9 nitrogen and oxygen atoms in total. The fourth-order valence-electron chi connectivity index (χ4n) is 3.37. The largest absolute Gasteiger partial charge is 0.359 e. The van der Waals surface area contributed by atoms with E-state index in [0.717, 1.165) is 5.56 Å². The van der Waals surface area contributed by atoms with Gasteiger partial charge in [0.25, 0.3) is 0 Å². The predicted octanol–water partition coefficient (Wildman–Crippen LogP) is -0.247. The Balaban J connectivity index is 2.05. The molecule has 10 heteroatoms. The van der Waals surface area contributed by atoms with Gasteiger partial charge in [-0.05, 0) is 46.0 Å². The maximum absolute atomic E-state index is 13.2. The Kier molecular flexibility index (Phi) is 7.75. The Bertz CT molecular complexity index is 846. The van der Waals surface area contributed by atoms with Crippen LogP contribution in [0, 0.1) is 20.8 Å². The van der Waals surface area contributed by atoms with Gasteiger partial charge in [-0.2, -0.15) is 4.31 Å². The number of carbonyl (C=O) groups excluding carboxylic acids is 2. The van der Waals surface area contributed by atoms with E-state index in [9.17, 15) is 18.0 Å². The lowest BCUT2D eigenvalue weighted by atomic mass is 10.1. The van der Waals surface area contributed by atoms with Crippen molar-refractivity contribution in [3.05, 3.63) is 28.8 Å². The second-order valence-corrected chi connectivity index (χ2v) is 9.27. The number of ether oxygens (including phenoxy) is 1. The highest BCUT2D eigenvalue weighted by Crippen LogP contribution is 2.28. The molecular weight excluding hydrogens is 396 g/mol. The van der Waals surface area contributed by atoms with Gasteiger partial charge in [0, 0.05) is 19.6 Å². The number of likely N-dealkylation sites (N-methyl/N-ethyl adjacent to an activating group) is 1. The van der Waals surface area contributed by atoms with Gasteiger partial charge in [0.05, 0.1) is 18.0 Å². The van der Waals surface area contributed by atoms with Gasteiger partial charge in [-0.1, -0.05) is 17.7 Å². The summed E-state index contributed by atoms with van der Waals surface area (Å²) in [6.45, 7) is 6.68. The Morgan fingerprint density at radius 2 is 1.72 bits per heavy atom. The molecule has 2 amide bonds. The van der Waals surface area contributed by atoms with Crippen LogP contribution < -0.4 is 10.6 Å². The van der Waals surface area contributed by atoms with Crippen molar-refractivity contribution in [2.24, 2.45) is 0 Å². The number of nitrogens with one attached hydrogen (secondary N) is 2. The van der Waals surface area contributed by atoms with Crippen LogP contribution in [0.3, 0.4) is 0 Å². The summed E-state index contributed by atoms with van der Waals surface area (Å²) in [4.78, 5) is 26.0. The van der Waals surface area contributed by atoms with Crippen molar-refractivity contribution in [2.75, 3.05) is 46.9 Å². The standard InChI is InChI=1S/C19H30N4O5S/c1-13-10-14(2)17(15(3)11-13)29(26,27)23-8-9-28-16(23)12-21-19(25)18(24)20-6-7-22(4)5/h10-11,16H,6-9,12H2,1-5H3,(H,20,24)(H,21,25)/t16-/m1/s1. The third-order valence-corrected chi connectivity index (χ3v) is 6.80. The average molecular weight is 427 g/mol. The SMILES string of the molecule is Cc1cc(C)c(S(=O)(=O)N2CCO[C@@H]2CNC(=O)C(=O)NCCN(C)C)c(C)c1. The molecule has 1 aliphatic rings. The molecule has 1 fully saturated rings. The van der Waals surface area contributed by atoms with Gasteiger partial charge in [-0.3, -0.25) is 9.59 Å². The molecule has 29 heavy (non-hydrogen) atoms. The van der Waals surface area contributed by atoms with Crippen molar-refractivity contribution < 1.29 is 22.7 Å². The number of carbonyl (C=O) groups is 2. The minimum Gasteiger partial charge on any atom is -0.359 e. The zero-order valence-electron chi connectivity index (χ0n) is 17.6. The van der Waals surface area contributed by atoms with Crippen molar-refractivity contribution in [2.45, 2.75) is 31.9 Å². The van der Waals surface area contributed by atoms with Crippen LogP contribution in [-0.4, -0.2) is 82.5 Å². The van der Waals surface area contributed by atoms with E-state index in [4.69, 9.17) is 4.74 Å². The molecule has 0 saturated carbocycles. The molecule has 162 valence electrons. The normalized spacial score (nSPS) is 17.5. The highest BCUT2D eigenvalue weighted by atomic mass is 32.2. The molecule has 1 atom stereocenters. The van der Waals surface area contributed by atoms with E-state index in [1.165, 1.54) is 4.31 Å². The van der Waals surface area contributed by atoms with Crippen LogP contribution in [-0.2, 0) is 24.3 Å². The van der Waals surface area contributed by atoms with Crippen molar-refractivity contribution >= 4 is 21.8 Å². The van der Waals surface area contributed by atoms with Crippen molar-refractivity contribution in [1.29, 1.82) is 0 Å². The van der Waals surface area contributed by atoms with Gasteiger partial charge >= 0.3 is 11.8 Å². The summed E-state index contributed by atoms with van der Waals surface area (Å²) in [6.07, 6.45) is -0.862. The second kappa shape index (κ2) is 9.66. The summed E-state index contributed by atoms with van der Waals surface area (Å²) in [7, 11) is -0.0923. The van der Waals surface area contributed by atoms with Crippen molar-refractivity contribution in [1.82, 2.24) is 19.8 Å². The van der Waals surface area contributed by atoms with Crippen LogP contribution in [0.5, 0.6) is 0 Å². The van der Waals surface area contributed by atoms with Crippen LogP contribution in [0.25, 0.3) is 0 Å². The zero-order valence-corrected chi connectivity index (χ0v) is 18.4. The van der Waals surface area contributed by atoms with Crippen LogP contribution >= 0.6 is 0 Å². The topological polar surface area (TPSA) is 108 Å². The smallest absolute Gasteiger partial charge is 0.309 e. The quantitative estimate of drug-likeness (QED) is 0.583.